The lowest BCUT2D eigenvalue weighted by Gasteiger charge is -2.12. The van der Waals surface area contributed by atoms with E-state index in [-0.39, 0.29) is 24.0 Å². The highest BCUT2D eigenvalue weighted by Gasteiger charge is 2.06. The van der Waals surface area contributed by atoms with E-state index in [1.54, 1.807) is 13.1 Å². The van der Waals surface area contributed by atoms with Gasteiger partial charge in [0.15, 0.2) is 17.4 Å². The summed E-state index contributed by atoms with van der Waals surface area (Å²) in [6.07, 6.45) is 1.93. The number of hydrogen-bond donors (Lipinski definition) is 2. The SMILES string of the molecule is CN=C(NCc1ccc(Cl)cc1Cl)NCc1nnc2ccccn12.I. The van der Waals surface area contributed by atoms with Gasteiger partial charge in [-0.15, -0.1) is 34.2 Å². The van der Waals surface area contributed by atoms with Crippen LogP contribution < -0.4 is 10.6 Å². The quantitative estimate of drug-likeness (QED) is 0.333. The number of aromatic nitrogens is 3. The first-order chi connectivity index (χ1) is 11.7. The van der Waals surface area contributed by atoms with Crippen LogP contribution in [0.4, 0.5) is 0 Å². The molecule has 0 spiro atoms. The van der Waals surface area contributed by atoms with E-state index in [9.17, 15) is 0 Å². The van der Waals surface area contributed by atoms with Gasteiger partial charge < -0.3 is 10.6 Å². The zero-order valence-corrected chi connectivity index (χ0v) is 17.3. The second kappa shape index (κ2) is 9.21. The number of hydrogen-bond acceptors (Lipinski definition) is 3. The van der Waals surface area contributed by atoms with Crippen LogP contribution in [-0.4, -0.2) is 27.6 Å². The highest BCUT2D eigenvalue weighted by molar-refractivity contribution is 14.0. The van der Waals surface area contributed by atoms with Gasteiger partial charge in [0.2, 0.25) is 0 Å². The summed E-state index contributed by atoms with van der Waals surface area (Å²) in [4.78, 5) is 4.20. The number of nitrogens with one attached hydrogen (secondary N) is 2. The lowest BCUT2D eigenvalue weighted by atomic mass is 10.2. The fourth-order valence-electron chi connectivity index (χ4n) is 2.24. The first-order valence-electron chi connectivity index (χ1n) is 7.34. The minimum Gasteiger partial charge on any atom is -0.352 e. The molecule has 0 aliphatic rings. The predicted octanol–water partition coefficient (Wildman–Crippen LogP) is 3.52. The summed E-state index contributed by atoms with van der Waals surface area (Å²) in [6.45, 7) is 1.04. The van der Waals surface area contributed by atoms with Crippen molar-refractivity contribution in [2.45, 2.75) is 13.1 Å². The van der Waals surface area contributed by atoms with Gasteiger partial charge >= 0.3 is 0 Å². The maximum absolute atomic E-state index is 6.17. The second-order valence-corrected chi connectivity index (χ2v) is 5.90. The highest BCUT2D eigenvalue weighted by atomic mass is 127. The third kappa shape index (κ3) is 4.96. The summed E-state index contributed by atoms with van der Waals surface area (Å²) >= 11 is 12.1. The number of aliphatic imine (C=N–C) groups is 1. The van der Waals surface area contributed by atoms with Gasteiger partial charge in [0.05, 0.1) is 6.54 Å². The Hall–Kier alpha value is -1.58. The van der Waals surface area contributed by atoms with Crippen LogP contribution in [0, 0.1) is 0 Å². The topological polar surface area (TPSA) is 66.6 Å². The Bertz CT molecular complexity index is 880. The molecule has 9 heteroatoms. The molecule has 0 atom stereocenters. The third-order valence-corrected chi connectivity index (χ3v) is 4.07. The van der Waals surface area contributed by atoms with Crippen molar-refractivity contribution in [3.8, 4) is 0 Å². The summed E-state index contributed by atoms with van der Waals surface area (Å²) < 4.78 is 1.93. The molecule has 132 valence electrons. The van der Waals surface area contributed by atoms with Gasteiger partial charge in [-0.3, -0.25) is 9.39 Å². The molecule has 3 rings (SSSR count). The Morgan fingerprint density at radius 2 is 1.92 bits per heavy atom. The van der Waals surface area contributed by atoms with Crippen molar-refractivity contribution in [2.75, 3.05) is 7.05 Å². The van der Waals surface area contributed by atoms with Crippen LogP contribution in [0.25, 0.3) is 5.65 Å². The molecule has 3 aromatic rings. The van der Waals surface area contributed by atoms with E-state index in [4.69, 9.17) is 23.2 Å². The summed E-state index contributed by atoms with van der Waals surface area (Å²) in [6, 6.07) is 11.2. The average Bonchev–Trinajstić information content (AvgIpc) is 3.00. The number of benzene rings is 1. The average molecular weight is 491 g/mol. The predicted molar refractivity (Wildman–Crippen MR) is 112 cm³/mol. The lowest BCUT2D eigenvalue weighted by Crippen LogP contribution is -2.36. The Morgan fingerprint density at radius 1 is 1.12 bits per heavy atom. The molecular weight excluding hydrogens is 474 g/mol. The van der Waals surface area contributed by atoms with Gasteiger partial charge in [-0.25, -0.2) is 0 Å². The fraction of sp³-hybridized carbons (Fsp3) is 0.188. The van der Waals surface area contributed by atoms with Crippen molar-refractivity contribution < 1.29 is 0 Å². The van der Waals surface area contributed by atoms with Crippen molar-refractivity contribution in [1.82, 2.24) is 25.2 Å². The normalized spacial score (nSPS) is 11.2. The van der Waals surface area contributed by atoms with E-state index in [1.807, 2.05) is 40.9 Å². The van der Waals surface area contributed by atoms with Gasteiger partial charge in [0.1, 0.15) is 0 Å². The van der Waals surface area contributed by atoms with E-state index in [0.29, 0.717) is 29.1 Å². The molecule has 0 bridgehead atoms. The monoisotopic (exact) mass is 490 g/mol. The van der Waals surface area contributed by atoms with Crippen LogP contribution in [0.15, 0.2) is 47.6 Å². The first-order valence-corrected chi connectivity index (χ1v) is 8.10. The number of guanidine groups is 1. The minimum absolute atomic E-state index is 0. The molecule has 1 aromatic carbocycles. The molecule has 6 nitrogen and oxygen atoms in total. The molecule has 0 amide bonds. The second-order valence-electron chi connectivity index (χ2n) is 5.06. The van der Waals surface area contributed by atoms with E-state index in [0.717, 1.165) is 17.0 Å². The molecule has 0 unspecified atom stereocenters. The van der Waals surface area contributed by atoms with E-state index in [1.165, 1.54) is 0 Å². The van der Waals surface area contributed by atoms with Crippen molar-refractivity contribution >= 4 is 58.8 Å². The Labute approximate surface area is 172 Å². The van der Waals surface area contributed by atoms with Crippen LogP contribution in [0.3, 0.4) is 0 Å². The molecular formula is C16H17Cl2IN6. The summed E-state index contributed by atoms with van der Waals surface area (Å²) in [5.74, 6) is 1.45. The number of nitrogens with zero attached hydrogens (tertiary/aromatic N) is 4. The Balaban J connectivity index is 0.00000225. The maximum atomic E-state index is 6.17. The van der Waals surface area contributed by atoms with Crippen molar-refractivity contribution in [3.05, 3.63) is 64.0 Å². The van der Waals surface area contributed by atoms with Crippen LogP contribution in [-0.2, 0) is 13.1 Å². The third-order valence-electron chi connectivity index (χ3n) is 3.48. The minimum atomic E-state index is 0. The van der Waals surface area contributed by atoms with Crippen molar-refractivity contribution in [3.63, 3.8) is 0 Å². The molecule has 0 fully saturated rings. The Morgan fingerprint density at radius 3 is 2.68 bits per heavy atom. The molecule has 25 heavy (non-hydrogen) atoms. The largest absolute Gasteiger partial charge is 0.352 e. The summed E-state index contributed by atoms with van der Waals surface area (Å²) in [5, 5.41) is 16.0. The maximum Gasteiger partial charge on any atom is 0.191 e. The molecule has 0 saturated carbocycles. The molecule has 0 saturated heterocycles. The van der Waals surface area contributed by atoms with Gasteiger partial charge in [0.25, 0.3) is 0 Å². The summed E-state index contributed by atoms with van der Waals surface area (Å²) in [7, 11) is 1.71. The number of pyridine rings is 1. The van der Waals surface area contributed by atoms with Crippen LogP contribution in [0.1, 0.15) is 11.4 Å². The van der Waals surface area contributed by atoms with E-state index < -0.39 is 0 Å². The number of rotatable bonds is 4. The Kier molecular flexibility index (Phi) is 7.27. The lowest BCUT2D eigenvalue weighted by molar-refractivity contribution is 0.763. The molecule has 2 aromatic heterocycles. The van der Waals surface area contributed by atoms with E-state index in [2.05, 4.69) is 25.8 Å². The standard InChI is InChI=1S/C16H16Cl2N6.HI/c1-19-16(20-9-11-5-6-12(17)8-13(11)18)21-10-15-23-22-14-4-2-3-7-24(14)15;/h2-8H,9-10H2,1H3,(H2,19,20,21);1H. The van der Waals surface area contributed by atoms with E-state index >= 15 is 0 Å². The first kappa shape index (κ1) is 19.7. The molecule has 2 N–H and O–H groups in total. The summed E-state index contributed by atoms with van der Waals surface area (Å²) in [5.41, 5.74) is 1.75. The van der Waals surface area contributed by atoms with Crippen molar-refractivity contribution in [2.24, 2.45) is 4.99 Å². The van der Waals surface area contributed by atoms with Gasteiger partial charge in [-0.05, 0) is 29.8 Å². The zero-order chi connectivity index (χ0) is 16.9. The smallest absolute Gasteiger partial charge is 0.191 e. The van der Waals surface area contributed by atoms with Crippen molar-refractivity contribution in [1.29, 1.82) is 0 Å². The molecule has 2 heterocycles. The number of fused-ring (bicyclic) bond motifs is 1. The van der Waals surface area contributed by atoms with Gasteiger partial charge in [-0.1, -0.05) is 35.3 Å². The zero-order valence-electron chi connectivity index (χ0n) is 13.4. The molecule has 0 radical (unpaired) electrons. The highest BCUT2D eigenvalue weighted by Crippen LogP contribution is 2.20. The molecule has 0 aliphatic carbocycles. The van der Waals surface area contributed by atoms with Gasteiger partial charge in [-0.2, -0.15) is 0 Å². The van der Waals surface area contributed by atoms with Crippen LogP contribution in [0.2, 0.25) is 10.0 Å². The fourth-order valence-corrected chi connectivity index (χ4v) is 2.71. The van der Waals surface area contributed by atoms with Crippen LogP contribution in [0.5, 0.6) is 0 Å². The van der Waals surface area contributed by atoms with Crippen LogP contribution >= 0.6 is 47.2 Å². The van der Waals surface area contributed by atoms with Gasteiger partial charge in [0, 0.05) is 29.8 Å². The molecule has 0 aliphatic heterocycles. The number of halogens is 3.